The summed E-state index contributed by atoms with van der Waals surface area (Å²) in [5.41, 5.74) is 3.21. The molecule has 1 aromatic carbocycles. The van der Waals surface area contributed by atoms with Crippen molar-refractivity contribution in [2.45, 2.75) is 51.4 Å². The fraction of sp³-hybridized carbons (Fsp3) is 0.526. The number of aromatic nitrogens is 1. The van der Waals surface area contributed by atoms with Crippen molar-refractivity contribution in [3.8, 4) is 0 Å². The topological polar surface area (TPSA) is 45.5 Å². The van der Waals surface area contributed by atoms with Gasteiger partial charge in [0.25, 0.3) is 0 Å². The molecule has 0 radical (unpaired) electrons. The van der Waals surface area contributed by atoms with Gasteiger partial charge in [-0.1, -0.05) is 19.1 Å². The highest BCUT2D eigenvalue weighted by Crippen LogP contribution is 2.59. The van der Waals surface area contributed by atoms with Crippen molar-refractivity contribution in [3.05, 3.63) is 45.7 Å². The largest absolute Gasteiger partial charge is 0.373 e. The van der Waals surface area contributed by atoms with Crippen LogP contribution >= 0.6 is 0 Å². The van der Waals surface area contributed by atoms with Crippen LogP contribution in [0, 0.1) is 5.41 Å². The van der Waals surface area contributed by atoms with Gasteiger partial charge in [0.1, 0.15) is 6.23 Å². The van der Waals surface area contributed by atoms with Gasteiger partial charge >= 0.3 is 0 Å². The molecule has 4 heterocycles. The van der Waals surface area contributed by atoms with Crippen LogP contribution in [0.4, 0.5) is 0 Å². The summed E-state index contributed by atoms with van der Waals surface area (Å²) in [7, 11) is 0. The van der Waals surface area contributed by atoms with Gasteiger partial charge in [-0.2, -0.15) is 0 Å². The van der Waals surface area contributed by atoms with Gasteiger partial charge in [-0.15, -0.1) is 0 Å². The van der Waals surface area contributed by atoms with Gasteiger partial charge in [-0.05, 0) is 49.8 Å². The fourth-order valence-corrected chi connectivity index (χ4v) is 5.51. The molecule has 0 saturated carbocycles. The molecule has 0 aliphatic carbocycles. The maximum atomic E-state index is 13.0. The average molecular weight is 310 g/mol. The summed E-state index contributed by atoms with van der Waals surface area (Å²) < 4.78 is 2.07. The van der Waals surface area contributed by atoms with E-state index in [4.69, 9.17) is 0 Å². The molecular weight excluding hydrogens is 288 g/mol. The van der Waals surface area contributed by atoms with Crippen molar-refractivity contribution in [2.75, 3.05) is 6.54 Å². The Hall–Kier alpha value is -1.65. The zero-order valence-corrected chi connectivity index (χ0v) is 13.5. The van der Waals surface area contributed by atoms with Crippen molar-refractivity contribution in [1.82, 2.24) is 9.47 Å². The van der Waals surface area contributed by atoms with Gasteiger partial charge in [-0.25, -0.2) is 0 Å². The van der Waals surface area contributed by atoms with E-state index in [0.717, 1.165) is 54.5 Å². The van der Waals surface area contributed by atoms with Gasteiger partial charge in [0, 0.05) is 23.2 Å². The molecule has 1 N–H and O–H groups in total. The number of nitrogens with zero attached hydrogens (tertiary/aromatic N) is 2. The third-order valence-electron chi connectivity index (χ3n) is 6.53. The molecule has 1 saturated heterocycles. The Bertz CT molecular complexity index is 872. The zero-order valence-electron chi connectivity index (χ0n) is 13.5. The second kappa shape index (κ2) is 4.46. The molecule has 0 amide bonds. The molecular formula is C19H22N2O2. The smallest absolute Gasteiger partial charge is 0.194 e. The minimum absolute atomic E-state index is 0.123. The molecule has 23 heavy (non-hydrogen) atoms. The van der Waals surface area contributed by atoms with Crippen LogP contribution in [0.25, 0.3) is 10.9 Å². The van der Waals surface area contributed by atoms with Crippen LogP contribution < -0.4 is 5.43 Å². The number of fused-ring (bicyclic) bond motifs is 2. The molecule has 0 spiro atoms. The fourth-order valence-electron chi connectivity index (χ4n) is 5.51. The second-order valence-corrected chi connectivity index (χ2v) is 7.46. The van der Waals surface area contributed by atoms with Crippen molar-refractivity contribution in [3.63, 3.8) is 0 Å². The van der Waals surface area contributed by atoms with Crippen LogP contribution in [0.2, 0.25) is 0 Å². The quantitative estimate of drug-likeness (QED) is 0.881. The number of benzene rings is 1. The van der Waals surface area contributed by atoms with Crippen LogP contribution in [0.15, 0.2) is 29.1 Å². The van der Waals surface area contributed by atoms with Gasteiger partial charge in [0.2, 0.25) is 0 Å². The molecule has 4 heteroatoms. The Morgan fingerprint density at radius 2 is 2.17 bits per heavy atom. The number of aliphatic hydroxyl groups excluding tert-OH is 1. The summed E-state index contributed by atoms with van der Waals surface area (Å²) in [4.78, 5) is 15.5. The van der Waals surface area contributed by atoms with E-state index in [0.29, 0.717) is 6.04 Å². The minimum Gasteiger partial charge on any atom is -0.373 e. The SMILES string of the molecule is CC[C@]12CCCN3Cc4c(n(c5ccccc5c4=O)[C@H](O)C1)[C@@H]32. The lowest BCUT2D eigenvalue weighted by molar-refractivity contribution is -0.0664. The Morgan fingerprint density at radius 3 is 3.00 bits per heavy atom. The molecule has 3 aliphatic heterocycles. The lowest BCUT2D eigenvalue weighted by Gasteiger charge is -2.52. The monoisotopic (exact) mass is 310 g/mol. The highest BCUT2D eigenvalue weighted by Gasteiger charge is 2.54. The van der Waals surface area contributed by atoms with Gasteiger partial charge in [-0.3, -0.25) is 9.69 Å². The predicted octanol–water partition coefficient (Wildman–Crippen LogP) is 2.94. The lowest BCUT2D eigenvalue weighted by atomic mass is 9.66. The third-order valence-corrected chi connectivity index (χ3v) is 6.53. The Morgan fingerprint density at radius 1 is 1.35 bits per heavy atom. The first-order valence-electron chi connectivity index (χ1n) is 8.74. The van der Waals surface area contributed by atoms with Crippen LogP contribution in [-0.2, 0) is 6.54 Å². The molecule has 5 rings (SSSR count). The van der Waals surface area contributed by atoms with Crippen molar-refractivity contribution in [2.24, 2.45) is 5.41 Å². The van der Waals surface area contributed by atoms with E-state index in [-0.39, 0.29) is 10.8 Å². The Kier molecular flexibility index (Phi) is 2.67. The molecule has 0 unspecified atom stereocenters. The van der Waals surface area contributed by atoms with Crippen molar-refractivity contribution in [1.29, 1.82) is 0 Å². The first-order chi connectivity index (χ1) is 11.2. The number of aliphatic hydroxyl groups is 1. The van der Waals surface area contributed by atoms with E-state index in [1.807, 2.05) is 24.3 Å². The highest BCUT2D eigenvalue weighted by molar-refractivity contribution is 5.81. The van der Waals surface area contributed by atoms with Gasteiger partial charge < -0.3 is 9.67 Å². The lowest BCUT2D eigenvalue weighted by Crippen LogP contribution is -2.47. The summed E-state index contributed by atoms with van der Waals surface area (Å²) in [5, 5.41) is 11.7. The minimum atomic E-state index is -0.525. The summed E-state index contributed by atoms with van der Waals surface area (Å²) in [6.45, 7) is 4.05. The number of hydrogen-bond acceptors (Lipinski definition) is 3. The molecule has 3 aliphatic rings. The number of hydrogen-bond donors (Lipinski definition) is 1. The first-order valence-corrected chi connectivity index (χ1v) is 8.74. The zero-order chi connectivity index (χ0) is 15.8. The van der Waals surface area contributed by atoms with E-state index in [9.17, 15) is 9.90 Å². The standard InChI is InChI=1S/C19H22N2O2/c1-2-19-8-5-9-20-11-13-16(18(19)20)21(15(22)10-19)14-7-4-3-6-12(14)17(13)23/h3-4,6-7,15,18,22H,2,5,8-11H2,1H3/t15-,18-,19+/m1/s1. The molecule has 2 aromatic rings. The number of rotatable bonds is 1. The van der Waals surface area contributed by atoms with E-state index in [1.54, 1.807) is 0 Å². The summed E-state index contributed by atoms with van der Waals surface area (Å²) in [6, 6.07) is 8.05. The van der Waals surface area contributed by atoms with E-state index in [1.165, 1.54) is 6.42 Å². The highest BCUT2D eigenvalue weighted by atomic mass is 16.3. The molecule has 3 atom stereocenters. The summed E-state index contributed by atoms with van der Waals surface area (Å²) in [5.74, 6) is 0. The van der Waals surface area contributed by atoms with Crippen LogP contribution in [0.3, 0.4) is 0 Å². The van der Waals surface area contributed by atoms with E-state index < -0.39 is 6.23 Å². The maximum Gasteiger partial charge on any atom is 0.194 e. The van der Waals surface area contributed by atoms with Gasteiger partial charge in [0.05, 0.1) is 11.6 Å². The van der Waals surface area contributed by atoms with E-state index in [2.05, 4.69) is 16.4 Å². The Labute approximate surface area is 135 Å². The van der Waals surface area contributed by atoms with Gasteiger partial charge in [0.15, 0.2) is 5.43 Å². The maximum absolute atomic E-state index is 13.0. The van der Waals surface area contributed by atoms with Crippen molar-refractivity contribution >= 4 is 10.9 Å². The number of pyridine rings is 1. The molecule has 4 nitrogen and oxygen atoms in total. The Balaban J connectivity index is 1.91. The molecule has 1 fully saturated rings. The molecule has 120 valence electrons. The summed E-state index contributed by atoms with van der Waals surface area (Å²) >= 11 is 0. The third kappa shape index (κ3) is 1.56. The summed E-state index contributed by atoms with van der Waals surface area (Å²) in [6.07, 6.45) is 3.65. The normalized spacial score (nSPS) is 32.3. The molecule has 1 aromatic heterocycles. The predicted molar refractivity (Wildman–Crippen MR) is 89.2 cm³/mol. The van der Waals surface area contributed by atoms with Crippen molar-refractivity contribution < 1.29 is 5.11 Å². The van der Waals surface area contributed by atoms with E-state index >= 15 is 0 Å². The number of piperidine rings is 1. The average Bonchev–Trinajstić information content (AvgIpc) is 2.96. The first kappa shape index (κ1) is 13.8. The van der Waals surface area contributed by atoms with Crippen LogP contribution in [-0.4, -0.2) is 21.1 Å². The molecule has 0 bridgehead atoms. The second-order valence-electron chi connectivity index (χ2n) is 7.46. The van der Waals surface area contributed by atoms with Crippen LogP contribution in [0.1, 0.15) is 56.1 Å². The van der Waals surface area contributed by atoms with Crippen LogP contribution in [0.5, 0.6) is 0 Å². The number of para-hydroxylation sites is 1.